The second kappa shape index (κ2) is 20.2. The second-order valence-corrected chi connectivity index (χ2v) is 20.0. The van der Waals surface area contributed by atoms with E-state index in [1.807, 2.05) is 11.3 Å². The van der Waals surface area contributed by atoms with E-state index in [1.54, 1.807) is 0 Å². The first-order valence-electron chi connectivity index (χ1n) is 25.6. The van der Waals surface area contributed by atoms with Crippen molar-refractivity contribution in [3.63, 3.8) is 0 Å². The van der Waals surface area contributed by atoms with Crippen LogP contribution >= 0.6 is 11.3 Å². The average molecular weight is 975 g/mol. The number of hydrogen-bond acceptors (Lipinski definition) is 3. The Bertz CT molecular complexity index is 3880. The summed E-state index contributed by atoms with van der Waals surface area (Å²) < 4.78 is 2.55. The standard InChI is InChI=1S/C72H50N2S/c1-6-18-51(19-7-1)55-30-39-61(40-31-55)73(62-41-32-56(33-42-62)52-20-8-2-9-21-52)69-50-70(68(49-67(69)59-26-14-5-15-27-59)60-38-47-66-65-28-16-17-29-71(65)75-72(66)48-60)74(63-43-34-57(35-44-63)53-22-10-3-11-23-53)64-45-36-58(37-46-64)54-24-12-4-13-25-54/h1-50H. The topological polar surface area (TPSA) is 6.48 Å². The highest BCUT2D eigenvalue weighted by atomic mass is 32.1. The summed E-state index contributed by atoms with van der Waals surface area (Å²) in [7, 11) is 0. The molecular formula is C72H50N2S. The predicted octanol–water partition coefficient (Wildman–Crippen LogP) is 21.0. The molecule has 3 heteroatoms. The molecule has 13 rings (SSSR count). The molecule has 12 aromatic carbocycles. The monoisotopic (exact) mass is 974 g/mol. The highest BCUT2D eigenvalue weighted by Gasteiger charge is 2.26. The van der Waals surface area contributed by atoms with Crippen molar-refractivity contribution >= 4 is 65.6 Å². The fraction of sp³-hybridized carbons (Fsp3) is 0. The highest BCUT2D eigenvalue weighted by molar-refractivity contribution is 7.25. The average Bonchev–Trinajstić information content (AvgIpc) is 3.88. The molecule has 0 aliphatic carbocycles. The third kappa shape index (κ3) is 9.08. The van der Waals surface area contributed by atoms with Crippen LogP contribution in [0.2, 0.25) is 0 Å². The van der Waals surface area contributed by atoms with Crippen molar-refractivity contribution in [2.75, 3.05) is 9.80 Å². The largest absolute Gasteiger partial charge is 0.310 e. The number of nitrogens with zero attached hydrogens (tertiary/aromatic N) is 2. The number of anilines is 6. The molecule has 0 saturated heterocycles. The summed E-state index contributed by atoms with van der Waals surface area (Å²) in [6.45, 7) is 0. The molecule has 13 aromatic rings. The molecule has 0 radical (unpaired) electrons. The first-order chi connectivity index (χ1) is 37.2. The van der Waals surface area contributed by atoms with Crippen molar-refractivity contribution in [2.45, 2.75) is 0 Å². The number of thiophene rings is 1. The smallest absolute Gasteiger partial charge is 0.0561 e. The minimum Gasteiger partial charge on any atom is -0.310 e. The van der Waals surface area contributed by atoms with E-state index in [-0.39, 0.29) is 0 Å². The van der Waals surface area contributed by atoms with Crippen LogP contribution < -0.4 is 9.80 Å². The maximum Gasteiger partial charge on any atom is 0.0561 e. The van der Waals surface area contributed by atoms with Gasteiger partial charge >= 0.3 is 0 Å². The fourth-order valence-electron chi connectivity index (χ4n) is 10.5. The minimum absolute atomic E-state index is 1.05. The van der Waals surface area contributed by atoms with Gasteiger partial charge in [0.1, 0.15) is 0 Å². The van der Waals surface area contributed by atoms with E-state index < -0.39 is 0 Å². The Morgan fingerprint density at radius 1 is 0.200 bits per heavy atom. The van der Waals surface area contributed by atoms with E-state index in [0.717, 1.165) is 56.4 Å². The highest BCUT2D eigenvalue weighted by Crippen LogP contribution is 2.51. The van der Waals surface area contributed by atoms with Crippen molar-refractivity contribution in [3.8, 4) is 66.8 Å². The first-order valence-corrected chi connectivity index (χ1v) is 26.4. The van der Waals surface area contributed by atoms with E-state index in [2.05, 4.69) is 313 Å². The third-order valence-corrected chi connectivity index (χ3v) is 15.4. The predicted molar refractivity (Wildman–Crippen MR) is 321 cm³/mol. The Labute approximate surface area is 443 Å². The lowest BCUT2D eigenvalue weighted by Crippen LogP contribution is -2.15. The number of fused-ring (bicyclic) bond motifs is 3. The van der Waals surface area contributed by atoms with Gasteiger partial charge in [-0.3, -0.25) is 0 Å². The van der Waals surface area contributed by atoms with Gasteiger partial charge in [-0.2, -0.15) is 0 Å². The first kappa shape index (κ1) is 45.3. The van der Waals surface area contributed by atoms with Gasteiger partial charge in [-0.15, -0.1) is 11.3 Å². The summed E-state index contributed by atoms with van der Waals surface area (Å²) in [5.74, 6) is 0. The Balaban J connectivity index is 1.09. The van der Waals surface area contributed by atoms with Gasteiger partial charge < -0.3 is 9.80 Å². The van der Waals surface area contributed by atoms with Gasteiger partial charge in [0.15, 0.2) is 0 Å². The molecule has 1 aromatic heterocycles. The van der Waals surface area contributed by atoms with Crippen LogP contribution in [0.1, 0.15) is 0 Å². The molecular weight excluding hydrogens is 925 g/mol. The maximum absolute atomic E-state index is 2.46. The molecule has 0 aliphatic heterocycles. The van der Waals surface area contributed by atoms with Crippen LogP contribution in [0.15, 0.2) is 303 Å². The van der Waals surface area contributed by atoms with Gasteiger partial charge in [-0.05, 0) is 128 Å². The van der Waals surface area contributed by atoms with Crippen LogP contribution in [-0.2, 0) is 0 Å². The second-order valence-electron chi connectivity index (χ2n) is 18.9. The third-order valence-electron chi connectivity index (χ3n) is 14.3. The Morgan fingerprint density at radius 2 is 0.493 bits per heavy atom. The lowest BCUT2D eigenvalue weighted by molar-refractivity contribution is 1.25. The number of rotatable bonds is 12. The summed E-state index contributed by atoms with van der Waals surface area (Å²) in [6.07, 6.45) is 0. The molecule has 0 aliphatic rings. The van der Waals surface area contributed by atoms with Crippen LogP contribution in [0.5, 0.6) is 0 Å². The zero-order chi connectivity index (χ0) is 49.9. The van der Waals surface area contributed by atoms with E-state index in [9.17, 15) is 0 Å². The Morgan fingerprint density at radius 3 is 0.880 bits per heavy atom. The number of hydrogen-bond donors (Lipinski definition) is 0. The van der Waals surface area contributed by atoms with Crippen LogP contribution in [0.25, 0.3) is 86.9 Å². The molecule has 0 saturated carbocycles. The summed E-state index contributed by atoms with van der Waals surface area (Å²) >= 11 is 1.86. The van der Waals surface area contributed by atoms with Crippen molar-refractivity contribution in [3.05, 3.63) is 303 Å². The van der Waals surface area contributed by atoms with Crippen molar-refractivity contribution in [1.29, 1.82) is 0 Å². The van der Waals surface area contributed by atoms with Gasteiger partial charge in [-0.1, -0.05) is 231 Å². The van der Waals surface area contributed by atoms with Crippen LogP contribution in [0.3, 0.4) is 0 Å². The molecule has 0 unspecified atom stereocenters. The van der Waals surface area contributed by atoms with Crippen LogP contribution in [-0.4, -0.2) is 0 Å². The normalized spacial score (nSPS) is 11.2. The zero-order valence-corrected chi connectivity index (χ0v) is 42.0. The van der Waals surface area contributed by atoms with Gasteiger partial charge in [0.25, 0.3) is 0 Å². The van der Waals surface area contributed by atoms with Crippen LogP contribution in [0.4, 0.5) is 34.1 Å². The lowest BCUT2D eigenvalue weighted by atomic mass is 9.92. The molecule has 0 fully saturated rings. The SMILES string of the molecule is c1ccc(-c2ccc(N(c3ccc(-c4ccccc4)cc3)c3cc(N(c4ccc(-c5ccccc5)cc4)c4ccc(-c5ccccc5)cc4)c(-c4ccc5c(c4)sc4ccccc45)cc3-c3ccccc3)cc2)cc1. The molecule has 0 N–H and O–H groups in total. The quantitative estimate of drug-likeness (QED) is 0.120. The molecule has 0 spiro atoms. The fourth-order valence-corrected chi connectivity index (χ4v) is 11.7. The maximum atomic E-state index is 2.46. The van der Waals surface area contributed by atoms with Crippen molar-refractivity contribution in [2.24, 2.45) is 0 Å². The molecule has 354 valence electrons. The molecule has 2 nitrogen and oxygen atoms in total. The van der Waals surface area contributed by atoms with Gasteiger partial charge in [0.05, 0.1) is 11.4 Å². The van der Waals surface area contributed by atoms with E-state index in [0.29, 0.717) is 0 Å². The number of benzene rings is 12. The van der Waals surface area contributed by atoms with E-state index in [1.165, 1.54) is 64.7 Å². The lowest BCUT2D eigenvalue weighted by Gasteiger charge is -2.33. The van der Waals surface area contributed by atoms with Gasteiger partial charge in [-0.25, -0.2) is 0 Å². The Kier molecular flexibility index (Phi) is 12.2. The van der Waals surface area contributed by atoms with Crippen LogP contribution in [0, 0.1) is 0 Å². The molecule has 0 bridgehead atoms. The Hall–Kier alpha value is -9.54. The van der Waals surface area contributed by atoms with Crippen molar-refractivity contribution in [1.82, 2.24) is 0 Å². The summed E-state index contributed by atoms with van der Waals surface area (Å²) in [5, 5.41) is 2.56. The zero-order valence-electron chi connectivity index (χ0n) is 41.2. The molecule has 0 amide bonds. The summed E-state index contributed by atoms with van der Waals surface area (Å²) in [6, 6.07) is 110. The molecule has 1 heterocycles. The van der Waals surface area contributed by atoms with Gasteiger partial charge in [0, 0.05) is 54.0 Å². The van der Waals surface area contributed by atoms with E-state index >= 15 is 0 Å². The molecule has 0 atom stereocenters. The molecule has 75 heavy (non-hydrogen) atoms. The van der Waals surface area contributed by atoms with Crippen molar-refractivity contribution < 1.29 is 0 Å². The van der Waals surface area contributed by atoms with E-state index in [4.69, 9.17) is 0 Å². The minimum atomic E-state index is 1.05. The summed E-state index contributed by atoms with van der Waals surface area (Å²) in [5.41, 5.74) is 20.2. The summed E-state index contributed by atoms with van der Waals surface area (Å²) in [4.78, 5) is 4.91. The van der Waals surface area contributed by atoms with Gasteiger partial charge in [0.2, 0.25) is 0 Å².